The number of carbonyl (C=O) groups is 2. The fourth-order valence-electron chi connectivity index (χ4n) is 2.94. The van der Waals surface area contributed by atoms with Gasteiger partial charge in [-0.15, -0.1) is 0 Å². The number of rotatable bonds is 4. The van der Waals surface area contributed by atoms with Gasteiger partial charge in [-0.2, -0.15) is 0 Å². The largest absolute Gasteiger partial charge is 0.439 e. The minimum atomic E-state index is -3.53. The number of para-hydroxylation sites is 1. The van der Waals surface area contributed by atoms with Crippen molar-refractivity contribution < 1.29 is 18.7 Å². The van der Waals surface area contributed by atoms with Crippen LogP contribution in [0.3, 0.4) is 0 Å². The smallest absolute Gasteiger partial charge is 0.288 e. The van der Waals surface area contributed by atoms with Crippen LogP contribution in [0.4, 0.5) is 0 Å². The minimum absolute atomic E-state index is 0.0802. The molecule has 0 radical (unpaired) electrons. The summed E-state index contributed by atoms with van der Waals surface area (Å²) < 4.78 is 19.6. The number of hydrogen-bond donors (Lipinski definition) is 0. The van der Waals surface area contributed by atoms with Gasteiger partial charge < -0.3 is 4.52 Å². The Bertz CT molecular complexity index is 840. The molecule has 2 unspecified atom stereocenters. The van der Waals surface area contributed by atoms with Gasteiger partial charge in [0, 0.05) is 12.0 Å². The molecule has 0 spiro atoms. The van der Waals surface area contributed by atoms with Gasteiger partial charge in [-0.1, -0.05) is 36.4 Å². The van der Waals surface area contributed by atoms with E-state index < -0.39 is 13.0 Å². The lowest BCUT2D eigenvalue weighted by molar-refractivity contribution is -0.121. The summed E-state index contributed by atoms with van der Waals surface area (Å²) in [5, 5.41) is 0.514. The van der Waals surface area contributed by atoms with E-state index in [9.17, 15) is 14.2 Å². The van der Waals surface area contributed by atoms with Crippen molar-refractivity contribution in [1.82, 2.24) is 0 Å². The third-order valence-corrected chi connectivity index (χ3v) is 6.91. The Kier molecular flexibility index (Phi) is 3.95. The van der Waals surface area contributed by atoms with Gasteiger partial charge in [0.05, 0.1) is 5.30 Å². The number of fused-ring (bicyclic) bond motifs is 3. The monoisotopic (exact) mass is 328 g/mol. The molecule has 1 heterocycles. The van der Waals surface area contributed by atoms with Gasteiger partial charge >= 0.3 is 0 Å². The molecule has 0 N–H and O–H groups in total. The van der Waals surface area contributed by atoms with E-state index in [2.05, 4.69) is 0 Å². The number of benzene rings is 2. The Morgan fingerprint density at radius 1 is 1.00 bits per heavy atom. The molecule has 0 aromatic heterocycles. The quantitative estimate of drug-likeness (QED) is 0.805. The normalized spacial score (nSPS) is 19.9. The molecule has 5 heteroatoms. The molecule has 4 nitrogen and oxygen atoms in total. The van der Waals surface area contributed by atoms with Gasteiger partial charge in [-0.05, 0) is 31.5 Å². The Labute approximate surface area is 134 Å². The van der Waals surface area contributed by atoms with Crippen molar-refractivity contribution in [1.29, 1.82) is 0 Å². The molecule has 0 aliphatic carbocycles. The highest BCUT2D eigenvalue weighted by molar-refractivity contribution is 7.69. The lowest BCUT2D eigenvalue weighted by Crippen LogP contribution is -2.31. The van der Waals surface area contributed by atoms with Crippen LogP contribution < -0.4 is 9.83 Å². The van der Waals surface area contributed by atoms with Gasteiger partial charge in [0.15, 0.2) is 0 Å². The van der Waals surface area contributed by atoms with E-state index in [1.807, 2.05) is 24.3 Å². The van der Waals surface area contributed by atoms with Gasteiger partial charge in [-0.3, -0.25) is 14.2 Å². The summed E-state index contributed by atoms with van der Waals surface area (Å²) >= 11 is 0. The molecule has 0 saturated heterocycles. The van der Waals surface area contributed by atoms with Crippen LogP contribution in [0.2, 0.25) is 0 Å². The SMILES string of the molecule is CC(=O)CC(C(C)=O)P1(=O)Oc2ccccc2-c2ccccc21. The first kappa shape index (κ1) is 15.7. The first-order valence-corrected chi connectivity index (χ1v) is 9.11. The Morgan fingerprint density at radius 2 is 1.61 bits per heavy atom. The van der Waals surface area contributed by atoms with Crippen LogP contribution in [-0.4, -0.2) is 17.2 Å². The number of hydrogen-bond acceptors (Lipinski definition) is 4. The highest BCUT2D eigenvalue weighted by atomic mass is 31.2. The topological polar surface area (TPSA) is 60.4 Å². The first-order valence-electron chi connectivity index (χ1n) is 7.41. The second kappa shape index (κ2) is 5.78. The van der Waals surface area contributed by atoms with Gasteiger partial charge in [0.25, 0.3) is 7.37 Å². The van der Waals surface area contributed by atoms with Crippen LogP contribution in [0.15, 0.2) is 48.5 Å². The Hall–Kier alpha value is -2.19. The zero-order valence-corrected chi connectivity index (χ0v) is 13.9. The fraction of sp³-hybridized carbons (Fsp3) is 0.222. The molecule has 2 atom stereocenters. The van der Waals surface area contributed by atoms with E-state index in [1.54, 1.807) is 24.3 Å². The van der Waals surface area contributed by atoms with E-state index in [0.717, 1.165) is 11.1 Å². The van der Waals surface area contributed by atoms with Crippen molar-refractivity contribution >= 4 is 24.2 Å². The Morgan fingerprint density at radius 3 is 2.26 bits per heavy atom. The maximum atomic E-state index is 13.7. The van der Waals surface area contributed by atoms with E-state index in [0.29, 0.717) is 11.1 Å². The van der Waals surface area contributed by atoms with Gasteiger partial charge in [0.1, 0.15) is 23.0 Å². The minimum Gasteiger partial charge on any atom is -0.439 e. The molecule has 3 rings (SSSR count). The molecule has 1 aliphatic heterocycles. The first-order chi connectivity index (χ1) is 10.9. The predicted octanol–water partition coefficient (Wildman–Crippen LogP) is 3.59. The maximum absolute atomic E-state index is 13.7. The summed E-state index contributed by atoms with van der Waals surface area (Å²) in [5.74, 6) is 0.0161. The highest BCUT2D eigenvalue weighted by Gasteiger charge is 2.45. The average molecular weight is 328 g/mol. The van der Waals surface area contributed by atoms with Crippen LogP contribution in [0.5, 0.6) is 5.75 Å². The zero-order valence-electron chi connectivity index (χ0n) is 13.0. The fourth-order valence-corrected chi connectivity index (χ4v) is 5.76. The highest BCUT2D eigenvalue weighted by Crippen LogP contribution is 2.58. The van der Waals surface area contributed by atoms with Crippen LogP contribution in [0, 0.1) is 0 Å². The summed E-state index contributed by atoms with van der Waals surface area (Å²) in [6.45, 7) is 2.76. The molecule has 23 heavy (non-hydrogen) atoms. The molecule has 118 valence electrons. The molecule has 2 aromatic carbocycles. The van der Waals surface area contributed by atoms with Crippen LogP contribution in [-0.2, 0) is 14.2 Å². The van der Waals surface area contributed by atoms with Gasteiger partial charge in [-0.25, -0.2) is 0 Å². The second-order valence-electron chi connectivity index (χ2n) is 5.73. The van der Waals surface area contributed by atoms with Crippen LogP contribution in [0.25, 0.3) is 11.1 Å². The summed E-state index contributed by atoms with van der Waals surface area (Å²) in [4.78, 5) is 23.7. The third-order valence-electron chi connectivity index (χ3n) is 4.01. The molecule has 2 aromatic rings. The lowest BCUT2D eigenvalue weighted by Gasteiger charge is -2.32. The van der Waals surface area contributed by atoms with E-state index >= 15 is 0 Å². The average Bonchev–Trinajstić information content (AvgIpc) is 2.52. The maximum Gasteiger partial charge on any atom is 0.288 e. The molecule has 0 amide bonds. The summed E-state index contributed by atoms with van der Waals surface area (Å²) in [6.07, 6.45) is -0.0802. The van der Waals surface area contributed by atoms with Gasteiger partial charge in [0.2, 0.25) is 0 Å². The molecule has 1 aliphatic rings. The van der Waals surface area contributed by atoms with Crippen molar-refractivity contribution in [3.63, 3.8) is 0 Å². The zero-order chi connectivity index (χ0) is 16.6. The molecule has 0 saturated carbocycles. The van der Waals surface area contributed by atoms with E-state index in [1.165, 1.54) is 13.8 Å². The number of ketones is 2. The van der Waals surface area contributed by atoms with Crippen molar-refractivity contribution in [2.24, 2.45) is 0 Å². The molecular weight excluding hydrogens is 311 g/mol. The number of Topliss-reactive ketones (excluding diaryl/α,β-unsaturated/α-hetero) is 2. The summed E-state index contributed by atoms with van der Waals surface area (Å²) in [7, 11) is -3.53. The lowest BCUT2D eigenvalue weighted by atomic mass is 10.0. The molecular formula is C18H17O4P. The molecule has 0 bridgehead atoms. The van der Waals surface area contributed by atoms with Crippen molar-refractivity contribution in [2.45, 2.75) is 25.9 Å². The molecule has 0 fully saturated rings. The van der Waals surface area contributed by atoms with E-state index in [4.69, 9.17) is 4.52 Å². The third kappa shape index (κ3) is 2.64. The Balaban J connectivity index is 2.23. The van der Waals surface area contributed by atoms with E-state index in [-0.39, 0.29) is 18.0 Å². The van der Waals surface area contributed by atoms with Crippen LogP contribution in [0.1, 0.15) is 20.3 Å². The second-order valence-corrected chi connectivity index (χ2v) is 8.22. The van der Waals surface area contributed by atoms with Crippen molar-refractivity contribution in [3.8, 4) is 16.9 Å². The summed E-state index contributed by atoms with van der Waals surface area (Å²) in [5.41, 5.74) is 0.696. The summed E-state index contributed by atoms with van der Waals surface area (Å²) in [6, 6.07) is 14.5. The van der Waals surface area contributed by atoms with Crippen LogP contribution >= 0.6 is 7.37 Å². The van der Waals surface area contributed by atoms with Crippen molar-refractivity contribution in [2.75, 3.05) is 0 Å². The number of carbonyl (C=O) groups excluding carboxylic acids is 2. The standard InChI is InChI=1S/C18H17O4P/c1-12(19)11-18(13(2)20)23(21)17-10-6-4-8-15(17)14-7-3-5-9-16(14)22-23/h3-10,18H,11H2,1-2H3. The van der Waals surface area contributed by atoms with Crippen molar-refractivity contribution in [3.05, 3.63) is 48.5 Å². The predicted molar refractivity (Wildman–Crippen MR) is 89.5 cm³/mol.